The lowest BCUT2D eigenvalue weighted by atomic mass is 10.1. The molecule has 6 nitrogen and oxygen atoms in total. The molecule has 3 aromatic rings. The summed E-state index contributed by atoms with van der Waals surface area (Å²) in [5, 5.41) is 8.06. The molecule has 6 heteroatoms. The van der Waals surface area contributed by atoms with Gasteiger partial charge in [-0.3, -0.25) is 9.67 Å². The molecule has 0 fully saturated rings. The van der Waals surface area contributed by atoms with Crippen LogP contribution in [0.3, 0.4) is 0 Å². The summed E-state index contributed by atoms with van der Waals surface area (Å²) in [6, 6.07) is 13.5. The van der Waals surface area contributed by atoms with E-state index in [1.54, 1.807) is 30.1 Å². The van der Waals surface area contributed by atoms with Crippen LogP contribution in [0.15, 0.2) is 48.7 Å². The van der Waals surface area contributed by atoms with E-state index in [0.29, 0.717) is 23.4 Å². The first-order valence-electron chi connectivity index (χ1n) is 8.45. The fourth-order valence-corrected chi connectivity index (χ4v) is 2.53. The Kier molecular flexibility index (Phi) is 4.84. The molecule has 1 aromatic carbocycles. The standard InChI is InChI=1S/C20H22N4O2/c1-20(2,3)26-19(25)15-11-16(10-14-8-6-5-7-9-14)21-17(12-15)18-13-24(4)23-22-18/h5-9,11-13H,10H2,1-4H3. The number of hydrogen-bond acceptors (Lipinski definition) is 5. The van der Waals surface area contributed by atoms with Crippen molar-refractivity contribution in [3.8, 4) is 11.4 Å². The summed E-state index contributed by atoms with van der Waals surface area (Å²) in [5.41, 5.74) is 3.01. The molecule has 0 aliphatic carbocycles. The van der Waals surface area contributed by atoms with Crippen molar-refractivity contribution in [1.29, 1.82) is 0 Å². The molecule has 0 aliphatic heterocycles. The van der Waals surface area contributed by atoms with Crippen molar-refractivity contribution in [1.82, 2.24) is 20.0 Å². The van der Waals surface area contributed by atoms with Gasteiger partial charge in [0.25, 0.3) is 0 Å². The smallest absolute Gasteiger partial charge is 0.338 e. The minimum absolute atomic E-state index is 0.376. The van der Waals surface area contributed by atoms with Gasteiger partial charge in [-0.1, -0.05) is 35.5 Å². The van der Waals surface area contributed by atoms with Crippen molar-refractivity contribution in [2.75, 3.05) is 0 Å². The van der Waals surface area contributed by atoms with Gasteiger partial charge in [0, 0.05) is 19.2 Å². The van der Waals surface area contributed by atoms with Crippen LogP contribution in [0.1, 0.15) is 42.4 Å². The van der Waals surface area contributed by atoms with Crippen LogP contribution < -0.4 is 0 Å². The van der Waals surface area contributed by atoms with Crippen LogP contribution in [0.5, 0.6) is 0 Å². The molecule has 0 atom stereocenters. The van der Waals surface area contributed by atoms with Crippen molar-refractivity contribution >= 4 is 5.97 Å². The number of aryl methyl sites for hydroxylation is 1. The van der Waals surface area contributed by atoms with Crippen molar-refractivity contribution in [3.63, 3.8) is 0 Å². The first kappa shape index (κ1) is 17.8. The van der Waals surface area contributed by atoms with Gasteiger partial charge in [0.15, 0.2) is 0 Å². The highest BCUT2D eigenvalue weighted by atomic mass is 16.6. The van der Waals surface area contributed by atoms with Crippen molar-refractivity contribution in [3.05, 3.63) is 65.5 Å². The van der Waals surface area contributed by atoms with Crippen molar-refractivity contribution < 1.29 is 9.53 Å². The van der Waals surface area contributed by atoms with Gasteiger partial charge in [-0.2, -0.15) is 0 Å². The van der Waals surface area contributed by atoms with E-state index in [4.69, 9.17) is 4.74 Å². The van der Waals surface area contributed by atoms with Crippen LogP contribution in [0.2, 0.25) is 0 Å². The van der Waals surface area contributed by atoms with Crippen LogP contribution in [0, 0.1) is 0 Å². The van der Waals surface area contributed by atoms with Crippen molar-refractivity contribution in [2.45, 2.75) is 32.8 Å². The molecule has 0 N–H and O–H groups in total. The van der Waals surface area contributed by atoms with Gasteiger partial charge in [0.1, 0.15) is 11.3 Å². The van der Waals surface area contributed by atoms with E-state index in [1.165, 1.54) is 0 Å². The van der Waals surface area contributed by atoms with Gasteiger partial charge in [0.2, 0.25) is 0 Å². The molecule has 0 radical (unpaired) electrons. The molecule has 0 aliphatic rings. The lowest BCUT2D eigenvalue weighted by Gasteiger charge is -2.19. The number of benzene rings is 1. The largest absolute Gasteiger partial charge is 0.456 e. The predicted octanol–water partition coefficient (Wildman–Crippen LogP) is 3.42. The number of carbonyl (C=O) groups excluding carboxylic acids is 1. The van der Waals surface area contributed by atoms with E-state index >= 15 is 0 Å². The first-order chi connectivity index (χ1) is 12.3. The second kappa shape index (κ2) is 7.07. The second-order valence-electron chi connectivity index (χ2n) is 7.17. The van der Waals surface area contributed by atoms with E-state index in [1.807, 2.05) is 51.1 Å². The summed E-state index contributed by atoms with van der Waals surface area (Å²) < 4.78 is 7.12. The number of ether oxygens (including phenoxy) is 1. The van der Waals surface area contributed by atoms with Gasteiger partial charge in [-0.25, -0.2) is 4.79 Å². The molecule has 2 heterocycles. The minimum atomic E-state index is -0.563. The van der Waals surface area contributed by atoms with E-state index < -0.39 is 5.60 Å². The summed E-state index contributed by atoms with van der Waals surface area (Å²) in [5.74, 6) is -0.376. The molecule has 0 saturated heterocycles. The van der Waals surface area contributed by atoms with E-state index in [2.05, 4.69) is 15.3 Å². The molecule has 3 rings (SSSR count). The number of aromatic nitrogens is 4. The van der Waals surface area contributed by atoms with Crippen LogP contribution in [-0.4, -0.2) is 31.5 Å². The molecule has 0 spiro atoms. The highest BCUT2D eigenvalue weighted by Gasteiger charge is 2.20. The van der Waals surface area contributed by atoms with Gasteiger partial charge in [0.05, 0.1) is 17.5 Å². The Balaban J connectivity index is 2.00. The summed E-state index contributed by atoms with van der Waals surface area (Å²) in [7, 11) is 1.79. The number of rotatable bonds is 4. The van der Waals surface area contributed by atoms with Crippen LogP contribution in [0.25, 0.3) is 11.4 Å². The third-order valence-electron chi connectivity index (χ3n) is 3.61. The number of nitrogens with zero attached hydrogens (tertiary/aromatic N) is 4. The molecule has 0 saturated carbocycles. The Morgan fingerprint density at radius 3 is 2.46 bits per heavy atom. The Morgan fingerprint density at radius 1 is 1.12 bits per heavy atom. The summed E-state index contributed by atoms with van der Waals surface area (Å²) >= 11 is 0. The molecular formula is C20H22N4O2. The molecular weight excluding hydrogens is 328 g/mol. The molecule has 2 aromatic heterocycles. The van der Waals surface area contributed by atoms with Gasteiger partial charge in [-0.05, 0) is 38.5 Å². The predicted molar refractivity (Wildman–Crippen MR) is 98.7 cm³/mol. The zero-order valence-corrected chi connectivity index (χ0v) is 15.4. The van der Waals surface area contributed by atoms with Gasteiger partial charge < -0.3 is 4.74 Å². The van der Waals surface area contributed by atoms with E-state index in [-0.39, 0.29) is 5.97 Å². The zero-order chi connectivity index (χ0) is 18.7. The average Bonchev–Trinajstić information content (AvgIpc) is 3.00. The van der Waals surface area contributed by atoms with Crippen molar-refractivity contribution in [2.24, 2.45) is 7.05 Å². The lowest BCUT2D eigenvalue weighted by molar-refractivity contribution is 0.00693. The average molecular weight is 350 g/mol. The Morgan fingerprint density at radius 2 is 1.85 bits per heavy atom. The quantitative estimate of drug-likeness (QED) is 0.674. The second-order valence-corrected chi connectivity index (χ2v) is 7.17. The third kappa shape index (κ3) is 4.53. The fourth-order valence-electron chi connectivity index (χ4n) is 2.53. The van der Waals surface area contributed by atoms with E-state index in [9.17, 15) is 4.79 Å². The number of carbonyl (C=O) groups is 1. The zero-order valence-electron chi connectivity index (χ0n) is 15.4. The van der Waals surface area contributed by atoms with Gasteiger partial charge >= 0.3 is 5.97 Å². The van der Waals surface area contributed by atoms with Gasteiger partial charge in [-0.15, -0.1) is 5.10 Å². The Hall–Kier alpha value is -3.02. The SMILES string of the molecule is Cn1cc(-c2cc(C(=O)OC(C)(C)C)cc(Cc3ccccc3)n2)nn1. The van der Waals surface area contributed by atoms with E-state index in [0.717, 1.165) is 11.3 Å². The van der Waals surface area contributed by atoms with Crippen LogP contribution in [-0.2, 0) is 18.2 Å². The topological polar surface area (TPSA) is 69.9 Å². The third-order valence-corrected chi connectivity index (χ3v) is 3.61. The highest BCUT2D eigenvalue weighted by Crippen LogP contribution is 2.21. The molecule has 0 bridgehead atoms. The minimum Gasteiger partial charge on any atom is -0.456 e. The maximum absolute atomic E-state index is 12.6. The maximum Gasteiger partial charge on any atom is 0.338 e. The number of hydrogen-bond donors (Lipinski definition) is 0. The Labute approximate surface area is 152 Å². The highest BCUT2D eigenvalue weighted by molar-refractivity contribution is 5.91. The number of pyridine rings is 1. The molecule has 134 valence electrons. The van der Waals surface area contributed by atoms with Crippen LogP contribution in [0.4, 0.5) is 0 Å². The molecule has 26 heavy (non-hydrogen) atoms. The maximum atomic E-state index is 12.6. The Bertz CT molecular complexity index is 911. The monoisotopic (exact) mass is 350 g/mol. The molecule has 0 unspecified atom stereocenters. The normalized spacial score (nSPS) is 11.4. The number of esters is 1. The molecule has 0 amide bonds. The summed E-state index contributed by atoms with van der Waals surface area (Å²) in [6.07, 6.45) is 2.39. The summed E-state index contributed by atoms with van der Waals surface area (Å²) in [6.45, 7) is 5.54. The fraction of sp³-hybridized carbons (Fsp3) is 0.300. The summed E-state index contributed by atoms with van der Waals surface area (Å²) in [4.78, 5) is 17.2. The van der Waals surface area contributed by atoms with Crippen LogP contribution >= 0.6 is 0 Å². The first-order valence-corrected chi connectivity index (χ1v) is 8.45. The lowest BCUT2D eigenvalue weighted by Crippen LogP contribution is -2.24.